The second kappa shape index (κ2) is 6.44. The van der Waals surface area contributed by atoms with E-state index in [1.165, 1.54) is 18.2 Å². The molecule has 0 bridgehead atoms. The van der Waals surface area contributed by atoms with Crippen molar-refractivity contribution in [3.63, 3.8) is 0 Å². The van der Waals surface area contributed by atoms with Crippen LogP contribution in [0.5, 0.6) is 0 Å². The van der Waals surface area contributed by atoms with Gasteiger partial charge in [-0.15, -0.1) is 0 Å². The third kappa shape index (κ3) is 3.27. The summed E-state index contributed by atoms with van der Waals surface area (Å²) in [5.41, 5.74) is 1.52. The van der Waals surface area contributed by atoms with Crippen LogP contribution in [0.3, 0.4) is 0 Å². The Morgan fingerprint density at radius 3 is 2.27 bits per heavy atom. The summed E-state index contributed by atoms with van der Waals surface area (Å²) in [6.45, 7) is 3.95. The van der Waals surface area contributed by atoms with Crippen LogP contribution in [0.2, 0.25) is 0 Å². The quantitative estimate of drug-likeness (QED) is 0.648. The normalized spacial score (nSPS) is 11.9. The first-order valence-corrected chi connectivity index (χ1v) is 8.03. The van der Waals surface area contributed by atoms with Crippen LogP contribution in [0.25, 0.3) is 22.2 Å². The van der Waals surface area contributed by atoms with Crippen LogP contribution in [-0.2, 0) is 6.18 Å². The maximum absolute atomic E-state index is 12.7. The number of nitrogens with zero attached hydrogens (tertiary/aromatic N) is 1. The summed E-state index contributed by atoms with van der Waals surface area (Å²) in [6, 6.07) is 11.3. The molecule has 0 unspecified atom stereocenters. The number of carboxylic acid groups (broad SMARTS) is 1. The Morgan fingerprint density at radius 1 is 1.08 bits per heavy atom. The van der Waals surface area contributed by atoms with Crippen molar-refractivity contribution in [2.24, 2.45) is 0 Å². The summed E-state index contributed by atoms with van der Waals surface area (Å²) in [4.78, 5) is 16.2. The Bertz CT molecular complexity index is 977. The fourth-order valence-electron chi connectivity index (χ4n) is 2.89. The first-order valence-electron chi connectivity index (χ1n) is 8.03. The molecule has 26 heavy (non-hydrogen) atoms. The highest BCUT2D eigenvalue weighted by molar-refractivity contribution is 6.04. The molecule has 0 amide bonds. The van der Waals surface area contributed by atoms with Gasteiger partial charge in [0, 0.05) is 10.9 Å². The second-order valence-corrected chi connectivity index (χ2v) is 6.33. The lowest BCUT2D eigenvalue weighted by atomic mass is 9.96. The van der Waals surface area contributed by atoms with E-state index in [0.29, 0.717) is 22.2 Å². The fourth-order valence-corrected chi connectivity index (χ4v) is 2.89. The molecule has 1 heterocycles. The molecule has 0 spiro atoms. The highest BCUT2D eigenvalue weighted by Gasteiger charge is 2.30. The summed E-state index contributed by atoms with van der Waals surface area (Å²) >= 11 is 0. The molecule has 3 nitrogen and oxygen atoms in total. The van der Waals surface area contributed by atoms with Crippen LogP contribution >= 0.6 is 0 Å². The minimum Gasteiger partial charge on any atom is -0.478 e. The van der Waals surface area contributed by atoms with Gasteiger partial charge in [0.25, 0.3) is 0 Å². The lowest BCUT2D eigenvalue weighted by molar-refractivity contribution is -0.137. The highest BCUT2D eigenvalue weighted by Crippen LogP contribution is 2.33. The number of carbonyl (C=O) groups is 1. The zero-order chi connectivity index (χ0) is 19.1. The number of aromatic carboxylic acids is 1. The predicted octanol–water partition coefficient (Wildman–Crippen LogP) is 5.74. The number of benzene rings is 2. The number of halogens is 3. The lowest BCUT2D eigenvalue weighted by Crippen LogP contribution is -2.05. The van der Waals surface area contributed by atoms with E-state index in [0.717, 1.165) is 17.7 Å². The van der Waals surface area contributed by atoms with E-state index in [2.05, 4.69) is 4.98 Å². The van der Waals surface area contributed by atoms with Crippen molar-refractivity contribution >= 4 is 16.9 Å². The number of hydrogen-bond acceptors (Lipinski definition) is 2. The maximum atomic E-state index is 12.7. The maximum Gasteiger partial charge on any atom is 0.416 e. The molecule has 134 valence electrons. The third-order valence-corrected chi connectivity index (χ3v) is 4.23. The van der Waals surface area contributed by atoms with E-state index in [-0.39, 0.29) is 11.5 Å². The minimum absolute atomic E-state index is 0.0763. The number of carboxylic acids is 1. The van der Waals surface area contributed by atoms with Crippen molar-refractivity contribution in [3.05, 3.63) is 65.2 Å². The number of alkyl halides is 3. The van der Waals surface area contributed by atoms with Crippen molar-refractivity contribution in [2.45, 2.75) is 25.9 Å². The van der Waals surface area contributed by atoms with Gasteiger partial charge >= 0.3 is 12.1 Å². The molecule has 0 saturated heterocycles. The van der Waals surface area contributed by atoms with E-state index in [1.807, 2.05) is 19.9 Å². The van der Waals surface area contributed by atoms with Gasteiger partial charge in [0.1, 0.15) is 0 Å². The van der Waals surface area contributed by atoms with E-state index in [1.54, 1.807) is 12.1 Å². The SMILES string of the molecule is CC(C)c1cccc2c(C(=O)O)cc(-c3ccc(C(F)(F)F)cc3)nc12. The Labute approximate surface area is 148 Å². The molecule has 3 rings (SSSR count). The average Bonchev–Trinajstić information content (AvgIpc) is 2.59. The Kier molecular flexibility index (Phi) is 4.44. The molecule has 1 N–H and O–H groups in total. The molecule has 0 aliphatic heterocycles. The summed E-state index contributed by atoms with van der Waals surface area (Å²) in [6.07, 6.45) is -4.42. The molecule has 0 fully saturated rings. The summed E-state index contributed by atoms with van der Waals surface area (Å²) in [5, 5.41) is 10.1. The third-order valence-electron chi connectivity index (χ3n) is 4.23. The molecule has 0 aliphatic carbocycles. The lowest BCUT2D eigenvalue weighted by Gasteiger charge is -2.13. The smallest absolute Gasteiger partial charge is 0.416 e. The molecule has 1 aromatic heterocycles. The van der Waals surface area contributed by atoms with Gasteiger partial charge in [0.2, 0.25) is 0 Å². The molecule has 2 aromatic carbocycles. The van der Waals surface area contributed by atoms with Crippen molar-refractivity contribution in [1.82, 2.24) is 4.98 Å². The van der Waals surface area contributed by atoms with Gasteiger partial charge in [-0.3, -0.25) is 0 Å². The second-order valence-electron chi connectivity index (χ2n) is 6.33. The standard InChI is InChI=1S/C20H16F3NO2/c1-11(2)14-4-3-5-15-16(19(25)26)10-17(24-18(14)15)12-6-8-13(9-7-12)20(21,22)23/h3-11H,1-2H3,(H,25,26). The van der Waals surface area contributed by atoms with Gasteiger partial charge in [-0.1, -0.05) is 44.2 Å². The number of hydrogen-bond donors (Lipinski definition) is 1. The Balaban J connectivity index is 2.23. The molecule has 3 aromatic rings. The number of pyridine rings is 1. The van der Waals surface area contributed by atoms with Crippen LogP contribution in [0, 0.1) is 0 Å². The largest absolute Gasteiger partial charge is 0.478 e. The number of para-hydroxylation sites is 1. The summed E-state index contributed by atoms with van der Waals surface area (Å²) in [7, 11) is 0. The number of fused-ring (bicyclic) bond motifs is 1. The van der Waals surface area contributed by atoms with Gasteiger partial charge < -0.3 is 5.11 Å². The molecule has 0 radical (unpaired) electrons. The van der Waals surface area contributed by atoms with Crippen LogP contribution in [0.15, 0.2) is 48.5 Å². The van der Waals surface area contributed by atoms with Gasteiger partial charge in [0.05, 0.1) is 22.3 Å². The summed E-state index contributed by atoms with van der Waals surface area (Å²) < 4.78 is 38.2. The number of aromatic nitrogens is 1. The van der Waals surface area contributed by atoms with Crippen LogP contribution < -0.4 is 0 Å². The van der Waals surface area contributed by atoms with Crippen molar-refractivity contribution in [3.8, 4) is 11.3 Å². The zero-order valence-corrected chi connectivity index (χ0v) is 14.1. The molecule has 6 heteroatoms. The van der Waals surface area contributed by atoms with Gasteiger partial charge in [0.15, 0.2) is 0 Å². The Hall–Kier alpha value is -2.89. The topological polar surface area (TPSA) is 50.2 Å². The first-order chi connectivity index (χ1) is 12.2. The van der Waals surface area contributed by atoms with Crippen molar-refractivity contribution < 1.29 is 23.1 Å². The molecule has 0 atom stereocenters. The zero-order valence-electron chi connectivity index (χ0n) is 14.1. The fraction of sp³-hybridized carbons (Fsp3) is 0.200. The van der Waals surface area contributed by atoms with Crippen LogP contribution in [0.4, 0.5) is 13.2 Å². The number of rotatable bonds is 3. The highest BCUT2D eigenvalue weighted by atomic mass is 19.4. The first kappa shape index (κ1) is 17.9. The summed E-state index contributed by atoms with van der Waals surface area (Å²) in [5.74, 6) is -0.984. The van der Waals surface area contributed by atoms with Gasteiger partial charge in [-0.2, -0.15) is 13.2 Å². The van der Waals surface area contributed by atoms with E-state index < -0.39 is 17.7 Å². The monoisotopic (exact) mass is 359 g/mol. The van der Waals surface area contributed by atoms with Crippen LogP contribution in [0.1, 0.15) is 41.3 Å². The Morgan fingerprint density at radius 2 is 1.73 bits per heavy atom. The van der Waals surface area contributed by atoms with Crippen molar-refractivity contribution in [2.75, 3.05) is 0 Å². The van der Waals surface area contributed by atoms with E-state index in [9.17, 15) is 23.1 Å². The molecular weight excluding hydrogens is 343 g/mol. The average molecular weight is 359 g/mol. The van der Waals surface area contributed by atoms with Crippen LogP contribution in [-0.4, -0.2) is 16.1 Å². The molecule has 0 saturated carbocycles. The van der Waals surface area contributed by atoms with Gasteiger partial charge in [-0.05, 0) is 29.7 Å². The van der Waals surface area contributed by atoms with E-state index >= 15 is 0 Å². The van der Waals surface area contributed by atoms with Crippen molar-refractivity contribution in [1.29, 1.82) is 0 Å². The van der Waals surface area contributed by atoms with Gasteiger partial charge in [-0.25, -0.2) is 9.78 Å². The van der Waals surface area contributed by atoms with E-state index in [4.69, 9.17) is 0 Å². The molecular formula is C20H16F3NO2. The predicted molar refractivity (Wildman–Crippen MR) is 93.2 cm³/mol. The minimum atomic E-state index is -4.42. The molecule has 0 aliphatic rings.